The quantitative estimate of drug-likeness (QED) is 0.442. The molecule has 1 fully saturated rings. The molecule has 0 unspecified atom stereocenters. The van der Waals surface area contributed by atoms with Crippen molar-refractivity contribution in [1.82, 2.24) is 4.90 Å². The zero-order valence-corrected chi connectivity index (χ0v) is 18.7. The van der Waals surface area contributed by atoms with Crippen LogP contribution in [0.3, 0.4) is 0 Å². The number of amides is 2. The molecule has 1 heterocycles. The molecule has 31 heavy (non-hydrogen) atoms. The smallest absolute Gasteiger partial charge is 0.328 e. The number of carbonyl (C=O) groups is 3. The molecule has 0 bridgehead atoms. The third kappa shape index (κ3) is 5.03. The fourth-order valence-corrected chi connectivity index (χ4v) is 4.12. The van der Waals surface area contributed by atoms with Crippen LogP contribution in [0.5, 0.6) is 11.5 Å². The van der Waals surface area contributed by atoms with Crippen molar-refractivity contribution in [2.45, 2.75) is 19.6 Å². The number of hydrogen-bond acceptors (Lipinski definition) is 7. The van der Waals surface area contributed by atoms with Gasteiger partial charge in [-0.3, -0.25) is 14.5 Å². The second-order valence-corrected chi connectivity index (χ2v) is 7.96. The summed E-state index contributed by atoms with van der Waals surface area (Å²) >= 11 is 7.14. The maximum Gasteiger partial charge on any atom is 0.328 e. The van der Waals surface area contributed by atoms with E-state index in [9.17, 15) is 14.4 Å². The number of halogens is 1. The molecule has 0 N–H and O–H groups in total. The van der Waals surface area contributed by atoms with E-state index in [2.05, 4.69) is 4.74 Å². The minimum atomic E-state index is -1.02. The Labute approximate surface area is 188 Å². The summed E-state index contributed by atoms with van der Waals surface area (Å²) in [5, 5.41) is -0.251. The predicted molar refractivity (Wildman–Crippen MR) is 118 cm³/mol. The molecule has 0 aromatic heterocycles. The Morgan fingerprint density at radius 3 is 2.55 bits per heavy atom. The highest BCUT2D eigenvalue weighted by atomic mass is 35.5. The number of nitrogens with zero attached hydrogens (tertiary/aromatic N) is 1. The Hall–Kier alpha value is -2.97. The van der Waals surface area contributed by atoms with Gasteiger partial charge in [0.1, 0.15) is 12.6 Å². The number of thioether (sulfide) groups is 1. The Balaban J connectivity index is 1.84. The second-order valence-electron chi connectivity index (χ2n) is 6.56. The van der Waals surface area contributed by atoms with Crippen LogP contribution in [0.1, 0.15) is 18.1 Å². The van der Waals surface area contributed by atoms with Crippen LogP contribution in [0.4, 0.5) is 4.79 Å². The Kier molecular flexibility index (Phi) is 7.25. The molecular weight excluding hydrogens is 442 g/mol. The molecule has 0 spiro atoms. The highest BCUT2D eigenvalue weighted by Gasteiger charge is 2.41. The monoisotopic (exact) mass is 461 g/mol. The standard InChI is InChI=1S/C22H20ClNO6S/c1-13(21(26)29-3)24-20(25)18(31-22(24)27)11-15-9-16(23)19(17(10-15)28-2)30-12-14-7-5-4-6-8-14/h4-11,13H,12H2,1-3H3/b18-11+/t13-/m1/s1. The van der Waals surface area contributed by atoms with Gasteiger partial charge in [-0.2, -0.15) is 0 Å². The molecular formula is C22H20ClNO6S. The van der Waals surface area contributed by atoms with Gasteiger partial charge in [0.2, 0.25) is 0 Å². The van der Waals surface area contributed by atoms with Crippen LogP contribution in [-0.2, 0) is 20.9 Å². The van der Waals surface area contributed by atoms with Crippen LogP contribution in [0, 0.1) is 0 Å². The van der Waals surface area contributed by atoms with E-state index >= 15 is 0 Å². The molecule has 2 aromatic rings. The van der Waals surface area contributed by atoms with Gasteiger partial charge in [-0.1, -0.05) is 41.9 Å². The first-order chi connectivity index (χ1) is 14.8. The van der Waals surface area contributed by atoms with Gasteiger partial charge in [0.25, 0.3) is 11.1 Å². The van der Waals surface area contributed by atoms with Crippen molar-refractivity contribution in [1.29, 1.82) is 0 Å². The Morgan fingerprint density at radius 2 is 1.90 bits per heavy atom. The van der Waals surface area contributed by atoms with Gasteiger partial charge in [0.15, 0.2) is 11.5 Å². The summed E-state index contributed by atoms with van der Waals surface area (Å²) in [7, 11) is 2.68. The van der Waals surface area contributed by atoms with Crippen molar-refractivity contribution in [3.8, 4) is 11.5 Å². The van der Waals surface area contributed by atoms with Gasteiger partial charge in [-0.25, -0.2) is 4.79 Å². The lowest BCUT2D eigenvalue weighted by Gasteiger charge is -2.18. The van der Waals surface area contributed by atoms with E-state index in [1.54, 1.807) is 12.1 Å². The van der Waals surface area contributed by atoms with Crippen LogP contribution >= 0.6 is 23.4 Å². The van der Waals surface area contributed by atoms with Crippen LogP contribution in [0.2, 0.25) is 5.02 Å². The van der Waals surface area contributed by atoms with Crippen molar-refractivity contribution in [2.24, 2.45) is 0 Å². The second kappa shape index (κ2) is 9.89. The Bertz CT molecular complexity index is 1040. The number of benzene rings is 2. The molecule has 1 atom stereocenters. The number of esters is 1. The lowest BCUT2D eigenvalue weighted by Crippen LogP contribution is -2.42. The molecule has 2 amide bonds. The molecule has 0 saturated carbocycles. The molecule has 162 valence electrons. The van der Waals surface area contributed by atoms with Crippen molar-refractivity contribution < 1.29 is 28.6 Å². The van der Waals surface area contributed by atoms with Gasteiger partial charge < -0.3 is 14.2 Å². The lowest BCUT2D eigenvalue weighted by atomic mass is 10.1. The maximum atomic E-state index is 12.7. The zero-order valence-electron chi connectivity index (χ0n) is 17.1. The SMILES string of the molecule is COC(=O)[C@@H](C)N1C(=O)S/C(=C/c2cc(Cl)c(OCc3ccccc3)c(OC)c2)C1=O. The van der Waals surface area contributed by atoms with Crippen LogP contribution in [-0.4, -0.2) is 42.3 Å². The molecule has 0 radical (unpaired) electrons. The number of methoxy groups -OCH3 is 2. The van der Waals surface area contributed by atoms with E-state index in [1.165, 1.54) is 27.2 Å². The number of hydrogen-bond donors (Lipinski definition) is 0. The van der Waals surface area contributed by atoms with Crippen molar-refractivity contribution in [3.63, 3.8) is 0 Å². The number of carbonyl (C=O) groups excluding carboxylic acids is 3. The van der Waals surface area contributed by atoms with Crippen LogP contribution in [0.25, 0.3) is 6.08 Å². The first-order valence-electron chi connectivity index (χ1n) is 9.24. The number of imide groups is 1. The highest BCUT2D eigenvalue weighted by Crippen LogP contribution is 2.39. The summed E-state index contributed by atoms with van der Waals surface area (Å²) in [6.07, 6.45) is 1.52. The summed E-state index contributed by atoms with van der Waals surface area (Å²) in [6, 6.07) is 11.9. The van der Waals surface area contributed by atoms with Gasteiger partial charge in [-0.05, 0) is 48.0 Å². The van der Waals surface area contributed by atoms with Crippen molar-refractivity contribution in [2.75, 3.05) is 14.2 Å². The van der Waals surface area contributed by atoms with Gasteiger partial charge in [0, 0.05) is 0 Å². The van der Waals surface area contributed by atoms with Crippen molar-refractivity contribution >= 4 is 46.6 Å². The fourth-order valence-electron chi connectivity index (χ4n) is 2.93. The Morgan fingerprint density at radius 1 is 1.19 bits per heavy atom. The first-order valence-corrected chi connectivity index (χ1v) is 10.4. The van der Waals surface area contributed by atoms with Crippen LogP contribution in [0.15, 0.2) is 47.4 Å². The zero-order chi connectivity index (χ0) is 22.5. The summed E-state index contributed by atoms with van der Waals surface area (Å²) < 4.78 is 15.9. The van der Waals surface area contributed by atoms with Gasteiger partial charge >= 0.3 is 5.97 Å². The van der Waals surface area contributed by atoms with Gasteiger partial charge in [0.05, 0.1) is 24.1 Å². The minimum Gasteiger partial charge on any atom is -0.493 e. The van der Waals surface area contributed by atoms with E-state index in [4.69, 9.17) is 21.1 Å². The van der Waals surface area contributed by atoms with E-state index in [1.807, 2.05) is 30.3 Å². The van der Waals surface area contributed by atoms with E-state index < -0.39 is 23.2 Å². The third-order valence-corrected chi connectivity index (χ3v) is 5.69. The maximum absolute atomic E-state index is 12.7. The molecule has 1 aliphatic rings. The summed E-state index contributed by atoms with van der Waals surface area (Å²) in [4.78, 5) is 37.7. The average molecular weight is 462 g/mol. The minimum absolute atomic E-state index is 0.164. The topological polar surface area (TPSA) is 82.1 Å². The fraction of sp³-hybridized carbons (Fsp3) is 0.227. The summed E-state index contributed by atoms with van der Waals surface area (Å²) in [5.74, 6) is -0.491. The van der Waals surface area contributed by atoms with Crippen LogP contribution < -0.4 is 9.47 Å². The predicted octanol–water partition coefficient (Wildman–Crippen LogP) is 4.53. The highest BCUT2D eigenvalue weighted by molar-refractivity contribution is 8.18. The molecule has 7 nitrogen and oxygen atoms in total. The number of rotatable bonds is 7. The molecule has 3 rings (SSSR count). The van der Waals surface area contributed by atoms with Gasteiger partial charge in [-0.15, -0.1) is 0 Å². The van der Waals surface area contributed by atoms with Crippen molar-refractivity contribution in [3.05, 3.63) is 63.5 Å². The van der Waals surface area contributed by atoms with E-state index in [0.29, 0.717) is 28.7 Å². The number of ether oxygens (including phenoxy) is 3. The lowest BCUT2D eigenvalue weighted by molar-refractivity contribution is -0.148. The largest absolute Gasteiger partial charge is 0.493 e. The molecule has 2 aromatic carbocycles. The molecule has 1 aliphatic heterocycles. The average Bonchev–Trinajstić information content (AvgIpc) is 3.04. The van der Waals surface area contributed by atoms with E-state index in [-0.39, 0.29) is 4.91 Å². The molecule has 9 heteroatoms. The van der Waals surface area contributed by atoms with E-state index in [0.717, 1.165) is 22.2 Å². The third-order valence-electron chi connectivity index (χ3n) is 4.53. The normalized spacial score (nSPS) is 15.9. The molecule has 0 aliphatic carbocycles. The summed E-state index contributed by atoms with van der Waals surface area (Å²) in [5.41, 5.74) is 1.52. The first kappa shape index (κ1) is 22.7. The summed E-state index contributed by atoms with van der Waals surface area (Å²) in [6.45, 7) is 1.74. The molecule has 1 saturated heterocycles.